The topological polar surface area (TPSA) is 51.8 Å². The summed E-state index contributed by atoms with van der Waals surface area (Å²) < 4.78 is 0. The molecule has 82 valence electrons. The molecule has 2 aromatic rings. The highest BCUT2D eigenvalue weighted by molar-refractivity contribution is 5.67. The van der Waals surface area contributed by atoms with Crippen LogP contribution in [0.2, 0.25) is 0 Å². The van der Waals surface area contributed by atoms with Crippen molar-refractivity contribution in [1.29, 1.82) is 0 Å². The molecule has 0 aliphatic heterocycles. The molecule has 0 saturated carbocycles. The molecule has 0 unspecified atom stereocenters. The minimum absolute atomic E-state index is 0.575. The van der Waals surface area contributed by atoms with Crippen LogP contribution < -0.4 is 5.73 Å². The predicted octanol–water partition coefficient (Wildman–Crippen LogP) is 2.60. The quantitative estimate of drug-likeness (QED) is 0.834. The highest BCUT2D eigenvalue weighted by Crippen LogP contribution is 2.23. The summed E-state index contributed by atoms with van der Waals surface area (Å²) in [5.41, 5.74) is 8.85. The van der Waals surface area contributed by atoms with Crippen molar-refractivity contribution in [3.8, 4) is 11.3 Å². The summed E-state index contributed by atoms with van der Waals surface area (Å²) in [6.07, 6.45) is 0.796. The van der Waals surface area contributed by atoms with Gasteiger partial charge in [-0.15, -0.1) is 0 Å². The van der Waals surface area contributed by atoms with E-state index in [2.05, 4.69) is 9.97 Å². The van der Waals surface area contributed by atoms with Gasteiger partial charge in [0.25, 0.3) is 0 Å². The van der Waals surface area contributed by atoms with Crippen LogP contribution in [0, 0.1) is 6.92 Å². The normalized spacial score (nSPS) is 10.4. The lowest BCUT2D eigenvalue weighted by Gasteiger charge is -2.09. The van der Waals surface area contributed by atoms with Crippen LogP contribution in [-0.4, -0.2) is 9.97 Å². The summed E-state index contributed by atoms with van der Waals surface area (Å²) in [5, 5.41) is 0. The van der Waals surface area contributed by atoms with Gasteiger partial charge in [-0.1, -0.05) is 37.3 Å². The number of nitrogens with zero attached hydrogens (tertiary/aromatic N) is 2. The molecule has 0 aliphatic carbocycles. The number of hydrogen-bond acceptors (Lipinski definition) is 3. The van der Waals surface area contributed by atoms with Crippen LogP contribution in [0.1, 0.15) is 18.3 Å². The van der Waals surface area contributed by atoms with Crippen LogP contribution in [0.25, 0.3) is 11.3 Å². The summed E-state index contributed by atoms with van der Waals surface area (Å²) in [5.74, 6) is 1.37. The van der Waals surface area contributed by atoms with Crippen LogP contribution in [0.15, 0.2) is 30.3 Å². The fraction of sp³-hybridized carbons (Fsp3) is 0.231. The highest BCUT2D eigenvalue weighted by atomic mass is 14.9. The van der Waals surface area contributed by atoms with Gasteiger partial charge in [0.2, 0.25) is 0 Å². The number of benzene rings is 1. The SMILES string of the molecule is CCc1nc(N)c(C)c(-c2ccccc2)n1. The number of nitrogens with two attached hydrogens (primary N) is 1. The van der Waals surface area contributed by atoms with Crippen molar-refractivity contribution in [2.75, 3.05) is 5.73 Å². The van der Waals surface area contributed by atoms with Crippen molar-refractivity contribution in [1.82, 2.24) is 9.97 Å². The minimum Gasteiger partial charge on any atom is -0.383 e. The van der Waals surface area contributed by atoms with E-state index in [1.54, 1.807) is 0 Å². The van der Waals surface area contributed by atoms with Crippen molar-refractivity contribution < 1.29 is 0 Å². The molecule has 0 fully saturated rings. The van der Waals surface area contributed by atoms with Crippen LogP contribution in [0.4, 0.5) is 5.82 Å². The fourth-order valence-corrected chi connectivity index (χ4v) is 1.62. The molecule has 0 atom stereocenters. The fourth-order valence-electron chi connectivity index (χ4n) is 1.62. The van der Waals surface area contributed by atoms with E-state index in [0.717, 1.165) is 29.1 Å². The summed E-state index contributed by atoms with van der Waals surface area (Å²) in [6, 6.07) is 10.1. The van der Waals surface area contributed by atoms with E-state index in [9.17, 15) is 0 Å². The van der Waals surface area contributed by atoms with Crippen LogP contribution in [0.3, 0.4) is 0 Å². The standard InChI is InChI=1S/C13H15N3/c1-3-11-15-12(9(2)13(14)16-11)10-7-5-4-6-8-10/h4-8H,3H2,1-2H3,(H2,14,15,16). The molecule has 16 heavy (non-hydrogen) atoms. The van der Waals surface area contributed by atoms with E-state index < -0.39 is 0 Å². The maximum atomic E-state index is 5.88. The molecule has 1 aromatic heterocycles. The minimum atomic E-state index is 0.575. The summed E-state index contributed by atoms with van der Waals surface area (Å²) in [7, 11) is 0. The smallest absolute Gasteiger partial charge is 0.131 e. The first-order valence-electron chi connectivity index (χ1n) is 5.40. The average molecular weight is 213 g/mol. The molecule has 0 amide bonds. The Labute approximate surface area is 95.4 Å². The zero-order valence-corrected chi connectivity index (χ0v) is 9.57. The van der Waals surface area contributed by atoms with E-state index >= 15 is 0 Å². The second-order valence-electron chi connectivity index (χ2n) is 3.72. The molecule has 0 bridgehead atoms. The summed E-state index contributed by atoms with van der Waals surface area (Å²) in [4.78, 5) is 8.77. The first-order chi connectivity index (χ1) is 7.72. The largest absolute Gasteiger partial charge is 0.383 e. The molecule has 0 aliphatic rings. The predicted molar refractivity (Wildman–Crippen MR) is 66.0 cm³/mol. The van der Waals surface area contributed by atoms with Gasteiger partial charge in [-0.25, -0.2) is 9.97 Å². The van der Waals surface area contributed by atoms with Crippen LogP contribution in [-0.2, 0) is 6.42 Å². The molecule has 2 N–H and O–H groups in total. The molecule has 0 spiro atoms. The van der Waals surface area contributed by atoms with E-state index in [4.69, 9.17) is 5.73 Å². The Hall–Kier alpha value is -1.90. The maximum Gasteiger partial charge on any atom is 0.131 e. The monoisotopic (exact) mass is 213 g/mol. The Kier molecular flexibility index (Phi) is 2.86. The number of aryl methyl sites for hydroxylation is 1. The van der Waals surface area contributed by atoms with Crippen LogP contribution >= 0.6 is 0 Å². The van der Waals surface area contributed by atoms with Crippen molar-refractivity contribution in [3.63, 3.8) is 0 Å². The number of rotatable bonds is 2. The molecular weight excluding hydrogens is 198 g/mol. The Balaban J connectivity index is 2.60. The maximum absolute atomic E-state index is 5.88. The van der Waals surface area contributed by atoms with E-state index in [-0.39, 0.29) is 0 Å². The molecule has 1 aromatic carbocycles. The number of nitrogen functional groups attached to an aromatic ring is 1. The summed E-state index contributed by atoms with van der Waals surface area (Å²) in [6.45, 7) is 3.98. The Morgan fingerprint density at radius 2 is 1.81 bits per heavy atom. The number of hydrogen-bond donors (Lipinski definition) is 1. The Morgan fingerprint density at radius 3 is 2.44 bits per heavy atom. The lowest BCUT2D eigenvalue weighted by molar-refractivity contribution is 0.940. The van der Waals surface area contributed by atoms with Gasteiger partial charge in [0.15, 0.2) is 0 Å². The van der Waals surface area contributed by atoms with Gasteiger partial charge in [0, 0.05) is 17.5 Å². The summed E-state index contributed by atoms with van der Waals surface area (Å²) >= 11 is 0. The van der Waals surface area contributed by atoms with Crippen molar-refractivity contribution >= 4 is 5.82 Å². The molecule has 2 rings (SSSR count). The third kappa shape index (κ3) is 1.89. The van der Waals surface area contributed by atoms with Gasteiger partial charge >= 0.3 is 0 Å². The zero-order valence-electron chi connectivity index (χ0n) is 9.57. The lowest BCUT2D eigenvalue weighted by Crippen LogP contribution is -2.04. The van der Waals surface area contributed by atoms with Gasteiger partial charge in [0.05, 0.1) is 5.69 Å². The van der Waals surface area contributed by atoms with Gasteiger partial charge in [-0.2, -0.15) is 0 Å². The molecule has 1 heterocycles. The van der Waals surface area contributed by atoms with Gasteiger partial charge in [0.1, 0.15) is 11.6 Å². The van der Waals surface area contributed by atoms with Crippen molar-refractivity contribution in [2.24, 2.45) is 0 Å². The average Bonchev–Trinajstić information content (AvgIpc) is 2.33. The lowest BCUT2D eigenvalue weighted by atomic mass is 10.1. The van der Waals surface area contributed by atoms with Crippen molar-refractivity contribution in [2.45, 2.75) is 20.3 Å². The second-order valence-corrected chi connectivity index (χ2v) is 3.72. The highest BCUT2D eigenvalue weighted by Gasteiger charge is 2.09. The molecule has 3 heteroatoms. The van der Waals surface area contributed by atoms with Crippen LogP contribution in [0.5, 0.6) is 0 Å². The Bertz CT molecular complexity index is 492. The molecular formula is C13H15N3. The Morgan fingerprint density at radius 1 is 1.12 bits per heavy atom. The third-order valence-electron chi connectivity index (χ3n) is 2.59. The molecule has 3 nitrogen and oxygen atoms in total. The van der Waals surface area contributed by atoms with Gasteiger partial charge in [-0.05, 0) is 6.92 Å². The number of anilines is 1. The molecule has 0 saturated heterocycles. The number of aromatic nitrogens is 2. The zero-order chi connectivity index (χ0) is 11.5. The second kappa shape index (κ2) is 4.31. The third-order valence-corrected chi connectivity index (χ3v) is 2.59. The van der Waals surface area contributed by atoms with E-state index in [0.29, 0.717) is 5.82 Å². The molecule has 0 radical (unpaired) electrons. The van der Waals surface area contributed by atoms with E-state index in [1.807, 2.05) is 44.2 Å². The van der Waals surface area contributed by atoms with Gasteiger partial charge in [-0.3, -0.25) is 0 Å². The first-order valence-corrected chi connectivity index (χ1v) is 5.40. The van der Waals surface area contributed by atoms with Gasteiger partial charge < -0.3 is 5.73 Å². The van der Waals surface area contributed by atoms with E-state index in [1.165, 1.54) is 0 Å². The van der Waals surface area contributed by atoms with Crippen molar-refractivity contribution in [3.05, 3.63) is 41.7 Å². The first kappa shape index (κ1) is 10.6.